The lowest BCUT2D eigenvalue weighted by molar-refractivity contribution is 0.0593. The molecular formula is C17H34N2O3. The third-order valence-corrected chi connectivity index (χ3v) is 4.56. The average molecular weight is 314 g/mol. The molecule has 130 valence electrons. The number of aliphatic hydroxyl groups is 1. The first-order valence-corrected chi connectivity index (χ1v) is 8.24. The van der Waals surface area contributed by atoms with Gasteiger partial charge in [0, 0.05) is 13.2 Å². The van der Waals surface area contributed by atoms with Crippen molar-refractivity contribution in [1.29, 1.82) is 0 Å². The number of rotatable bonds is 9. The van der Waals surface area contributed by atoms with Crippen LogP contribution in [0.25, 0.3) is 0 Å². The second-order valence-electron chi connectivity index (χ2n) is 7.05. The first-order chi connectivity index (χ1) is 10.0. The Morgan fingerprint density at radius 1 is 1.32 bits per heavy atom. The van der Waals surface area contributed by atoms with E-state index >= 15 is 0 Å². The summed E-state index contributed by atoms with van der Waals surface area (Å²) in [6.07, 6.45) is 1.67. The zero-order valence-corrected chi connectivity index (χ0v) is 15.3. The van der Waals surface area contributed by atoms with Crippen molar-refractivity contribution in [1.82, 2.24) is 4.90 Å². The molecule has 3 N–H and O–H groups in total. The van der Waals surface area contributed by atoms with Crippen LogP contribution < -0.4 is 5.73 Å². The van der Waals surface area contributed by atoms with Crippen LogP contribution in [0.5, 0.6) is 0 Å². The normalized spacial score (nSPS) is 25.9. The maximum atomic E-state index is 10.4. The van der Waals surface area contributed by atoms with Gasteiger partial charge in [-0.15, -0.1) is 0 Å². The lowest BCUT2D eigenvalue weighted by Gasteiger charge is -2.37. The fourth-order valence-corrected chi connectivity index (χ4v) is 2.58. The van der Waals surface area contributed by atoms with Gasteiger partial charge in [-0.2, -0.15) is 0 Å². The standard InChI is InChI=1S/C17H34N2O3/c1-8-10-17(6,18)19(7)11-13(12(3)16(4,5)20)14-15(22-14)21-9-2/h14-15,20H,8-11,18H2,1-7H3/b13-12-/t14-,15-,17?/m0/s1. The Bertz CT molecular complexity index is 399. The highest BCUT2D eigenvalue weighted by atomic mass is 16.8. The van der Waals surface area contributed by atoms with E-state index in [0.29, 0.717) is 13.2 Å². The number of likely N-dealkylation sites (N-methyl/N-ethyl adjacent to an activating group) is 1. The van der Waals surface area contributed by atoms with Crippen LogP contribution in [0.3, 0.4) is 0 Å². The summed E-state index contributed by atoms with van der Waals surface area (Å²) in [7, 11) is 2.02. The first kappa shape index (κ1) is 19.6. The summed E-state index contributed by atoms with van der Waals surface area (Å²) >= 11 is 0. The summed E-state index contributed by atoms with van der Waals surface area (Å²) in [5.41, 5.74) is 7.15. The van der Waals surface area contributed by atoms with Crippen molar-refractivity contribution in [2.24, 2.45) is 5.73 Å². The number of nitrogens with zero attached hydrogens (tertiary/aromatic N) is 1. The van der Waals surface area contributed by atoms with Crippen molar-refractivity contribution < 1.29 is 14.6 Å². The molecule has 1 unspecified atom stereocenters. The molecule has 1 aliphatic heterocycles. The maximum absolute atomic E-state index is 10.4. The van der Waals surface area contributed by atoms with E-state index in [9.17, 15) is 5.11 Å². The quantitative estimate of drug-likeness (QED) is 0.388. The molecule has 0 saturated carbocycles. The molecule has 1 fully saturated rings. The Balaban J connectivity index is 2.94. The number of nitrogens with two attached hydrogens (primary N) is 1. The smallest absolute Gasteiger partial charge is 0.188 e. The predicted molar refractivity (Wildman–Crippen MR) is 89.4 cm³/mol. The second kappa shape index (κ2) is 7.41. The first-order valence-electron chi connectivity index (χ1n) is 8.24. The summed E-state index contributed by atoms with van der Waals surface area (Å²) in [6.45, 7) is 13.0. The predicted octanol–water partition coefficient (Wildman–Crippen LogP) is 2.24. The Labute approximate surface area is 135 Å². The maximum Gasteiger partial charge on any atom is 0.188 e. The van der Waals surface area contributed by atoms with Crippen LogP contribution in [0, 0.1) is 0 Å². The van der Waals surface area contributed by atoms with Crippen molar-refractivity contribution in [3.8, 4) is 0 Å². The highest BCUT2D eigenvalue weighted by Crippen LogP contribution is 2.35. The van der Waals surface area contributed by atoms with Crippen LogP contribution in [0.2, 0.25) is 0 Å². The molecule has 1 aliphatic rings. The molecule has 1 saturated heterocycles. The van der Waals surface area contributed by atoms with E-state index in [1.807, 2.05) is 27.8 Å². The molecule has 0 amide bonds. The van der Waals surface area contributed by atoms with Gasteiger partial charge in [-0.1, -0.05) is 13.3 Å². The largest absolute Gasteiger partial charge is 0.386 e. The monoisotopic (exact) mass is 314 g/mol. The average Bonchev–Trinajstić information content (AvgIpc) is 3.13. The Morgan fingerprint density at radius 2 is 1.91 bits per heavy atom. The highest BCUT2D eigenvalue weighted by Gasteiger charge is 2.45. The summed E-state index contributed by atoms with van der Waals surface area (Å²) in [6, 6.07) is 0. The van der Waals surface area contributed by atoms with Crippen LogP contribution in [-0.2, 0) is 9.47 Å². The summed E-state index contributed by atoms with van der Waals surface area (Å²) in [5.74, 6) is 0. The number of ether oxygens (including phenoxy) is 2. The van der Waals surface area contributed by atoms with Crippen LogP contribution in [0.1, 0.15) is 54.4 Å². The van der Waals surface area contributed by atoms with Gasteiger partial charge in [0.25, 0.3) is 0 Å². The minimum atomic E-state index is -0.880. The van der Waals surface area contributed by atoms with Gasteiger partial charge in [0.15, 0.2) is 6.29 Å². The molecule has 1 rings (SSSR count). The fraction of sp³-hybridized carbons (Fsp3) is 0.882. The van der Waals surface area contributed by atoms with Gasteiger partial charge in [-0.25, -0.2) is 0 Å². The Morgan fingerprint density at radius 3 is 2.36 bits per heavy atom. The van der Waals surface area contributed by atoms with E-state index in [0.717, 1.165) is 24.0 Å². The van der Waals surface area contributed by atoms with Gasteiger partial charge >= 0.3 is 0 Å². The number of hydrogen-bond donors (Lipinski definition) is 2. The van der Waals surface area contributed by atoms with E-state index in [2.05, 4.69) is 11.8 Å². The molecule has 0 aliphatic carbocycles. The van der Waals surface area contributed by atoms with Crippen molar-refractivity contribution in [2.75, 3.05) is 20.2 Å². The molecule has 5 heteroatoms. The van der Waals surface area contributed by atoms with Crippen molar-refractivity contribution in [3.05, 3.63) is 11.1 Å². The van der Waals surface area contributed by atoms with Crippen LogP contribution in [-0.4, -0.2) is 53.9 Å². The molecule has 3 atom stereocenters. The van der Waals surface area contributed by atoms with Crippen LogP contribution in [0.15, 0.2) is 11.1 Å². The third-order valence-electron chi connectivity index (χ3n) is 4.56. The molecule has 0 aromatic heterocycles. The van der Waals surface area contributed by atoms with Crippen molar-refractivity contribution >= 4 is 0 Å². The molecule has 0 radical (unpaired) electrons. The highest BCUT2D eigenvalue weighted by molar-refractivity contribution is 5.28. The zero-order valence-electron chi connectivity index (χ0n) is 15.3. The van der Waals surface area contributed by atoms with Gasteiger partial charge in [-0.3, -0.25) is 4.90 Å². The van der Waals surface area contributed by atoms with Crippen LogP contribution in [0.4, 0.5) is 0 Å². The van der Waals surface area contributed by atoms with Gasteiger partial charge in [0.1, 0.15) is 6.10 Å². The minimum Gasteiger partial charge on any atom is -0.386 e. The SMILES string of the molecule is CCCC(C)(N)N(C)C/C(=C(\C)C(C)(C)O)[C@@H]1O[C@@H]1OCC. The van der Waals surface area contributed by atoms with E-state index in [1.165, 1.54) is 0 Å². The van der Waals surface area contributed by atoms with Gasteiger partial charge in [-0.05, 0) is 59.2 Å². The van der Waals surface area contributed by atoms with E-state index in [1.54, 1.807) is 13.8 Å². The van der Waals surface area contributed by atoms with E-state index in [-0.39, 0.29) is 18.1 Å². The van der Waals surface area contributed by atoms with Crippen LogP contribution >= 0.6 is 0 Å². The lowest BCUT2D eigenvalue weighted by Crippen LogP contribution is -2.52. The fourth-order valence-electron chi connectivity index (χ4n) is 2.58. The molecule has 1 heterocycles. The van der Waals surface area contributed by atoms with E-state index in [4.69, 9.17) is 15.2 Å². The molecule has 0 bridgehead atoms. The number of epoxide rings is 1. The van der Waals surface area contributed by atoms with E-state index < -0.39 is 5.60 Å². The Hall–Kier alpha value is -0.460. The summed E-state index contributed by atoms with van der Waals surface area (Å²) in [4.78, 5) is 2.13. The van der Waals surface area contributed by atoms with Gasteiger partial charge in [0.2, 0.25) is 0 Å². The molecule has 22 heavy (non-hydrogen) atoms. The van der Waals surface area contributed by atoms with Crippen molar-refractivity contribution in [2.45, 2.75) is 78.0 Å². The zero-order chi connectivity index (χ0) is 17.1. The Kier molecular flexibility index (Phi) is 6.59. The van der Waals surface area contributed by atoms with Crippen molar-refractivity contribution in [3.63, 3.8) is 0 Å². The number of hydrogen-bond acceptors (Lipinski definition) is 5. The summed E-state index contributed by atoms with van der Waals surface area (Å²) < 4.78 is 11.2. The second-order valence-corrected chi connectivity index (χ2v) is 7.05. The van der Waals surface area contributed by atoms with Gasteiger partial charge < -0.3 is 20.3 Å². The molecule has 0 spiro atoms. The topological polar surface area (TPSA) is 71.2 Å². The lowest BCUT2D eigenvalue weighted by atomic mass is 9.92. The minimum absolute atomic E-state index is 0.0775. The molecular weight excluding hydrogens is 280 g/mol. The van der Waals surface area contributed by atoms with Gasteiger partial charge in [0.05, 0.1) is 11.3 Å². The molecule has 0 aromatic rings. The third kappa shape index (κ3) is 5.03. The molecule has 0 aromatic carbocycles. The molecule has 5 nitrogen and oxygen atoms in total. The summed E-state index contributed by atoms with van der Waals surface area (Å²) in [5, 5.41) is 10.4.